The number of fused-ring (bicyclic) bond motifs is 2. The van der Waals surface area contributed by atoms with Crippen molar-refractivity contribution in [3.05, 3.63) is 66.9 Å². The normalized spacial score (nSPS) is 12.9. The molecule has 7 heteroatoms. The summed E-state index contributed by atoms with van der Waals surface area (Å²) in [5.74, 6) is 1.43. The van der Waals surface area contributed by atoms with Crippen molar-refractivity contribution in [3.63, 3.8) is 0 Å². The lowest BCUT2D eigenvalue weighted by atomic mass is 10.1. The monoisotopic (exact) mass is 361 g/mol. The van der Waals surface area contributed by atoms with Crippen LogP contribution >= 0.6 is 0 Å². The molecule has 0 unspecified atom stereocenters. The van der Waals surface area contributed by atoms with E-state index in [9.17, 15) is 4.79 Å². The van der Waals surface area contributed by atoms with Gasteiger partial charge in [-0.15, -0.1) is 0 Å². The van der Waals surface area contributed by atoms with E-state index in [1.165, 1.54) is 6.26 Å². The number of carbonyl (C=O) groups excluding carboxylic acids is 1. The zero-order valence-corrected chi connectivity index (χ0v) is 14.2. The number of benzene rings is 1. The molecule has 0 saturated carbocycles. The lowest BCUT2D eigenvalue weighted by Crippen LogP contribution is -2.15. The van der Waals surface area contributed by atoms with Crippen LogP contribution in [0.15, 0.2) is 65.5 Å². The molecule has 1 N–H and O–H groups in total. The number of pyridine rings is 1. The van der Waals surface area contributed by atoms with E-state index in [2.05, 4.69) is 10.3 Å². The maximum atomic E-state index is 12.1. The lowest BCUT2D eigenvalue weighted by molar-refractivity contribution is 0.0996. The highest BCUT2D eigenvalue weighted by atomic mass is 16.6. The summed E-state index contributed by atoms with van der Waals surface area (Å²) >= 11 is 0. The molecule has 1 aliphatic rings. The molecular formula is C20H15N3O4. The first kappa shape index (κ1) is 15.5. The lowest BCUT2D eigenvalue weighted by Gasteiger charge is -2.18. The van der Waals surface area contributed by atoms with Crippen molar-refractivity contribution in [2.24, 2.45) is 0 Å². The Hall–Kier alpha value is -3.74. The van der Waals surface area contributed by atoms with Crippen LogP contribution in [-0.4, -0.2) is 28.5 Å². The number of rotatable bonds is 3. The number of hydrogen-bond acceptors (Lipinski definition) is 5. The minimum absolute atomic E-state index is 0.262. The Morgan fingerprint density at radius 1 is 1.04 bits per heavy atom. The number of carbonyl (C=O) groups is 1. The molecule has 0 spiro atoms. The molecular weight excluding hydrogens is 346 g/mol. The van der Waals surface area contributed by atoms with Gasteiger partial charge in [-0.25, -0.2) is 4.98 Å². The third-order valence-electron chi connectivity index (χ3n) is 4.29. The maximum Gasteiger partial charge on any atom is 0.291 e. The van der Waals surface area contributed by atoms with E-state index in [4.69, 9.17) is 13.9 Å². The first-order valence-electron chi connectivity index (χ1n) is 8.50. The van der Waals surface area contributed by atoms with Crippen LogP contribution < -0.4 is 14.8 Å². The zero-order valence-electron chi connectivity index (χ0n) is 14.2. The minimum Gasteiger partial charge on any atom is -0.486 e. The van der Waals surface area contributed by atoms with Crippen LogP contribution in [0.4, 0.5) is 5.69 Å². The maximum absolute atomic E-state index is 12.1. The summed E-state index contributed by atoms with van der Waals surface area (Å²) in [6, 6.07) is 12.7. The second-order valence-electron chi connectivity index (χ2n) is 6.10. The number of ether oxygens (including phenoxy) is 2. The SMILES string of the molecule is O=C(Nc1ccc2nc(-c3ccc4c(c3)OCCO4)cn2c1)c1ccco1. The van der Waals surface area contributed by atoms with Gasteiger partial charge in [0.15, 0.2) is 17.3 Å². The molecule has 5 rings (SSSR count). The molecule has 134 valence electrons. The molecule has 0 fully saturated rings. The van der Waals surface area contributed by atoms with Crippen LogP contribution in [-0.2, 0) is 0 Å². The number of nitrogens with zero attached hydrogens (tertiary/aromatic N) is 2. The molecule has 0 saturated heterocycles. The van der Waals surface area contributed by atoms with Crippen LogP contribution in [0.5, 0.6) is 11.5 Å². The van der Waals surface area contributed by atoms with Gasteiger partial charge in [-0.05, 0) is 42.5 Å². The Balaban J connectivity index is 1.44. The summed E-state index contributed by atoms with van der Waals surface area (Å²) in [5.41, 5.74) is 3.16. The summed E-state index contributed by atoms with van der Waals surface area (Å²) in [6.07, 6.45) is 5.18. The number of aromatic nitrogens is 2. The molecule has 27 heavy (non-hydrogen) atoms. The number of nitrogens with one attached hydrogen (secondary N) is 1. The Bertz CT molecular complexity index is 1130. The second-order valence-corrected chi connectivity index (χ2v) is 6.10. The van der Waals surface area contributed by atoms with Crippen LogP contribution in [0.1, 0.15) is 10.6 Å². The Morgan fingerprint density at radius 3 is 2.78 bits per heavy atom. The second kappa shape index (κ2) is 6.21. The molecule has 0 atom stereocenters. The predicted molar refractivity (Wildman–Crippen MR) is 98.3 cm³/mol. The molecule has 1 aliphatic heterocycles. The number of hydrogen-bond donors (Lipinski definition) is 1. The smallest absolute Gasteiger partial charge is 0.291 e. The fourth-order valence-corrected chi connectivity index (χ4v) is 3.01. The van der Waals surface area contributed by atoms with Crippen LogP contribution in [0.2, 0.25) is 0 Å². The highest BCUT2D eigenvalue weighted by Gasteiger charge is 2.14. The van der Waals surface area contributed by atoms with Crippen LogP contribution in [0.25, 0.3) is 16.9 Å². The van der Waals surface area contributed by atoms with Gasteiger partial charge in [0.1, 0.15) is 18.9 Å². The van der Waals surface area contributed by atoms with E-state index in [0.717, 1.165) is 28.4 Å². The van der Waals surface area contributed by atoms with E-state index < -0.39 is 0 Å². The summed E-state index contributed by atoms with van der Waals surface area (Å²) < 4.78 is 18.2. The number of amides is 1. The van der Waals surface area contributed by atoms with Gasteiger partial charge in [-0.3, -0.25) is 4.79 Å². The third kappa shape index (κ3) is 2.89. The first-order chi connectivity index (χ1) is 13.3. The van der Waals surface area contributed by atoms with Crippen molar-refractivity contribution in [1.29, 1.82) is 0 Å². The van der Waals surface area contributed by atoms with Crippen molar-refractivity contribution in [3.8, 4) is 22.8 Å². The van der Waals surface area contributed by atoms with Crippen molar-refractivity contribution in [1.82, 2.24) is 9.38 Å². The Kier molecular flexibility index (Phi) is 3.57. The van der Waals surface area contributed by atoms with Crippen LogP contribution in [0, 0.1) is 0 Å². The Labute approximate surface area is 154 Å². The molecule has 0 radical (unpaired) electrons. The first-order valence-corrected chi connectivity index (χ1v) is 8.50. The number of furan rings is 1. The molecule has 1 amide bonds. The Morgan fingerprint density at radius 2 is 1.93 bits per heavy atom. The van der Waals surface area contributed by atoms with Gasteiger partial charge >= 0.3 is 0 Å². The van der Waals surface area contributed by atoms with Gasteiger partial charge in [0, 0.05) is 18.0 Å². The van der Waals surface area contributed by atoms with Crippen molar-refractivity contribution < 1.29 is 18.7 Å². The average molecular weight is 361 g/mol. The van der Waals surface area contributed by atoms with E-state index >= 15 is 0 Å². The number of anilines is 1. The number of imidazole rings is 1. The molecule has 0 bridgehead atoms. The summed E-state index contributed by atoms with van der Waals surface area (Å²) in [7, 11) is 0. The minimum atomic E-state index is -0.300. The highest BCUT2D eigenvalue weighted by molar-refractivity contribution is 6.02. The van der Waals surface area contributed by atoms with Crippen molar-refractivity contribution in [2.45, 2.75) is 0 Å². The molecule has 4 heterocycles. The van der Waals surface area contributed by atoms with Gasteiger partial charge < -0.3 is 23.6 Å². The molecule has 0 aliphatic carbocycles. The van der Waals surface area contributed by atoms with Gasteiger partial charge in [0.25, 0.3) is 5.91 Å². The summed E-state index contributed by atoms with van der Waals surface area (Å²) in [6.45, 7) is 1.10. The van der Waals surface area contributed by atoms with E-state index in [1.807, 2.05) is 41.1 Å². The van der Waals surface area contributed by atoms with Crippen molar-refractivity contribution >= 4 is 17.2 Å². The van der Waals surface area contributed by atoms with E-state index in [0.29, 0.717) is 18.9 Å². The zero-order chi connectivity index (χ0) is 18.2. The van der Waals surface area contributed by atoms with Gasteiger partial charge in [0.05, 0.1) is 17.6 Å². The van der Waals surface area contributed by atoms with E-state index in [1.54, 1.807) is 18.2 Å². The molecule has 3 aromatic heterocycles. The van der Waals surface area contributed by atoms with E-state index in [-0.39, 0.29) is 11.7 Å². The quantitative estimate of drug-likeness (QED) is 0.603. The fourth-order valence-electron chi connectivity index (χ4n) is 3.01. The van der Waals surface area contributed by atoms with Gasteiger partial charge in [-0.2, -0.15) is 0 Å². The molecule has 7 nitrogen and oxygen atoms in total. The van der Waals surface area contributed by atoms with Gasteiger partial charge in [0.2, 0.25) is 0 Å². The largest absolute Gasteiger partial charge is 0.486 e. The van der Waals surface area contributed by atoms with Crippen LogP contribution in [0.3, 0.4) is 0 Å². The predicted octanol–water partition coefficient (Wildman–Crippen LogP) is 3.62. The average Bonchev–Trinajstić information content (AvgIpc) is 3.37. The third-order valence-corrected chi connectivity index (χ3v) is 4.29. The standard InChI is InChI=1S/C20H15N3O4/c24-20(17-2-1-7-25-17)21-14-4-6-19-22-15(12-23(19)11-14)13-3-5-16-18(10-13)27-9-8-26-16/h1-7,10-12H,8-9H2,(H,21,24). The molecule has 4 aromatic rings. The van der Waals surface area contributed by atoms with Crippen molar-refractivity contribution in [2.75, 3.05) is 18.5 Å². The summed E-state index contributed by atoms with van der Waals surface area (Å²) in [5, 5.41) is 2.81. The highest BCUT2D eigenvalue weighted by Crippen LogP contribution is 2.34. The molecule has 1 aromatic carbocycles. The topological polar surface area (TPSA) is 78.0 Å². The van der Waals surface area contributed by atoms with Gasteiger partial charge in [-0.1, -0.05) is 0 Å². The summed E-state index contributed by atoms with van der Waals surface area (Å²) in [4.78, 5) is 16.8. The fraction of sp³-hybridized carbons (Fsp3) is 0.100.